The van der Waals surface area contributed by atoms with E-state index in [2.05, 4.69) is 5.32 Å². The van der Waals surface area contributed by atoms with Crippen molar-refractivity contribution in [3.63, 3.8) is 0 Å². The van der Waals surface area contributed by atoms with Crippen molar-refractivity contribution in [1.29, 1.82) is 0 Å². The summed E-state index contributed by atoms with van der Waals surface area (Å²) < 4.78 is 5.18. The number of rotatable bonds is 6. The smallest absolute Gasteiger partial charge is 0.315 e. The van der Waals surface area contributed by atoms with Crippen molar-refractivity contribution >= 4 is 17.8 Å². The van der Waals surface area contributed by atoms with Crippen LogP contribution in [0.5, 0.6) is 0 Å². The van der Waals surface area contributed by atoms with Gasteiger partial charge in [0.05, 0.1) is 6.26 Å². The Morgan fingerprint density at radius 3 is 2.57 bits per heavy atom. The lowest BCUT2D eigenvalue weighted by Crippen LogP contribution is -2.54. The number of piperidine rings is 1. The van der Waals surface area contributed by atoms with Gasteiger partial charge in [-0.1, -0.05) is 30.3 Å². The Kier molecular flexibility index (Phi) is 5.82. The summed E-state index contributed by atoms with van der Waals surface area (Å²) in [4.78, 5) is 38.9. The van der Waals surface area contributed by atoms with Crippen molar-refractivity contribution in [2.75, 3.05) is 13.1 Å². The Balaban J connectivity index is 1.73. The van der Waals surface area contributed by atoms with Crippen LogP contribution in [-0.2, 0) is 15.0 Å². The Labute approximate surface area is 163 Å². The van der Waals surface area contributed by atoms with Gasteiger partial charge in [0, 0.05) is 13.1 Å². The summed E-state index contributed by atoms with van der Waals surface area (Å²) in [7, 11) is 0. The predicted molar refractivity (Wildman–Crippen MR) is 102 cm³/mol. The number of aliphatic carboxylic acids is 1. The first kappa shape index (κ1) is 19.7. The number of nitrogens with one attached hydrogen (secondary N) is 1. The molecule has 1 fully saturated rings. The molecule has 1 saturated heterocycles. The van der Waals surface area contributed by atoms with E-state index in [0.717, 1.165) is 12.8 Å². The molecule has 28 heavy (non-hydrogen) atoms. The number of carbonyl (C=O) groups is 3. The molecule has 0 spiro atoms. The van der Waals surface area contributed by atoms with Crippen molar-refractivity contribution in [2.24, 2.45) is 0 Å². The Bertz CT molecular complexity index is 834. The van der Waals surface area contributed by atoms with Gasteiger partial charge in [-0.25, -0.2) is 0 Å². The zero-order chi connectivity index (χ0) is 20.1. The van der Waals surface area contributed by atoms with Gasteiger partial charge < -0.3 is 19.7 Å². The molecule has 0 radical (unpaired) electrons. The quantitative estimate of drug-likeness (QED) is 0.797. The maximum absolute atomic E-state index is 12.9. The van der Waals surface area contributed by atoms with E-state index in [1.165, 1.54) is 11.2 Å². The fourth-order valence-corrected chi connectivity index (χ4v) is 3.48. The van der Waals surface area contributed by atoms with Gasteiger partial charge in [-0.3, -0.25) is 14.4 Å². The number of carboxylic acids is 1. The van der Waals surface area contributed by atoms with E-state index in [9.17, 15) is 19.5 Å². The second kappa shape index (κ2) is 8.29. The first-order chi connectivity index (χ1) is 13.4. The van der Waals surface area contributed by atoms with Gasteiger partial charge in [0.15, 0.2) is 5.76 Å². The second-order valence-electron chi connectivity index (χ2n) is 7.21. The number of hydrogen-bond acceptors (Lipinski definition) is 4. The highest BCUT2D eigenvalue weighted by Gasteiger charge is 2.38. The van der Waals surface area contributed by atoms with E-state index in [-0.39, 0.29) is 24.1 Å². The van der Waals surface area contributed by atoms with Gasteiger partial charge in [0.2, 0.25) is 5.91 Å². The van der Waals surface area contributed by atoms with Crippen molar-refractivity contribution in [1.82, 2.24) is 10.2 Å². The van der Waals surface area contributed by atoms with Crippen LogP contribution in [0.3, 0.4) is 0 Å². The number of nitrogens with zero attached hydrogens (tertiary/aromatic N) is 1. The van der Waals surface area contributed by atoms with E-state index < -0.39 is 17.4 Å². The molecule has 0 aliphatic carbocycles. The van der Waals surface area contributed by atoms with Crippen LogP contribution >= 0.6 is 0 Å². The summed E-state index contributed by atoms with van der Waals surface area (Å²) in [6.45, 7) is 1.98. The average molecular weight is 384 g/mol. The Morgan fingerprint density at radius 1 is 1.18 bits per heavy atom. The van der Waals surface area contributed by atoms with E-state index >= 15 is 0 Å². The molecule has 3 rings (SSSR count). The van der Waals surface area contributed by atoms with Crippen molar-refractivity contribution in [3.8, 4) is 0 Å². The van der Waals surface area contributed by atoms with E-state index in [4.69, 9.17) is 4.42 Å². The van der Waals surface area contributed by atoms with Crippen molar-refractivity contribution in [3.05, 3.63) is 60.1 Å². The number of amides is 2. The molecule has 0 bridgehead atoms. The number of carboxylic acid groups (broad SMARTS) is 1. The molecule has 2 atom stereocenters. The van der Waals surface area contributed by atoms with Crippen LogP contribution in [0.1, 0.15) is 42.3 Å². The fraction of sp³-hybridized carbons (Fsp3) is 0.381. The molecule has 2 unspecified atom stereocenters. The fourth-order valence-electron chi connectivity index (χ4n) is 3.48. The zero-order valence-corrected chi connectivity index (χ0v) is 15.8. The third kappa shape index (κ3) is 3.93. The third-order valence-electron chi connectivity index (χ3n) is 5.30. The molecular formula is C21H24N2O5. The first-order valence-electron chi connectivity index (χ1n) is 9.34. The molecule has 0 saturated carbocycles. The summed E-state index contributed by atoms with van der Waals surface area (Å²) in [6.07, 6.45) is 3.60. The minimum atomic E-state index is -1.26. The maximum Gasteiger partial charge on any atom is 0.315 e. The monoisotopic (exact) mass is 384 g/mol. The molecule has 2 heterocycles. The maximum atomic E-state index is 12.9. The van der Waals surface area contributed by atoms with Gasteiger partial charge in [-0.05, 0) is 43.9 Å². The van der Waals surface area contributed by atoms with Crippen molar-refractivity contribution in [2.45, 2.75) is 37.6 Å². The largest absolute Gasteiger partial charge is 0.481 e. The topological polar surface area (TPSA) is 99.9 Å². The highest BCUT2D eigenvalue weighted by molar-refractivity contribution is 5.96. The van der Waals surface area contributed by atoms with Gasteiger partial charge in [0.1, 0.15) is 11.5 Å². The van der Waals surface area contributed by atoms with Gasteiger partial charge >= 0.3 is 5.97 Å². The summed E-state index contributed by atoms with van der Waals surface area (Å²) in [5, 5.41) is 12.5. The number of furan rings is 1. The van der Waals surface area contributed by atoms with Crippen LogP contribution < -0.4 is 5.32 Å². The second-order valence-corrected chi connectivity index (χ2v) is 7.21. The highest BCUT2D eigenvalue weighted by Crippen LogP contribution is 2.24. The molecule has 2 N–H and O–H groups in total. The lowest BCUT2D eigenvalue weighted by atomic mass is 9.82. The van der Waals surface area contributed by atoms with Crippen LogP contribution in [0.25, 0.3) is 0 Å². The SMILES string of the molecule is CC(CNC(=O)C1CCCCN1C(=O)c1ccco1)(C(=O)O)c1ccccc1. The van der Waals surface area contributed by atoms with Crippen LogP contribution in [0, 0.1) is 0 Å². The van der Waals surface area contributed by atoms with Crippen LogP contribution in [0.15, 0.2) is 53.1 Å². The van der Waals surface area contributed by atoms with Crippen LogP contribution in [0.2, 0.25) is 0 Å². The lowest BCUT2D eigenvalue weighted by molar-refractivity contribution is -0.143. The van der Waals surface area contributed by atoms with Crippen molar-refractivity contribution < 1.29 is 23.9 Å². The molecule has 1 aromatic heterocycles. The normalized spacial score (nSPS) is 18.9. The number of hydrogen-bond donors (Lipinski definition) is 2. The highest BCUT2D eigenvalue weighted by atomic mass is 16.4. The summed E-state index contributed by atoms with van der Waals surface area (Å²) >= 11 is 0. The lowest BCUT2D eigenvalue weighted by Gasteiger charge is -2.35. The van der Waals surface area contributed by atoms with Gasteiger partial charge in [-0.2, -0.15) is 0 Å². The summed E-state index contributed by atoms with van der Waals surface area (Å²) in [5.41, 5.74) is -0.656. The number of carbonyl (C=O) groups excluding carboxylic acids is 2. The Morgan fingerprint density at radius 2 is 1.93 bits per heavy atom. The van der Waals surface area contributed by atoms with E-state index in [1.54, 1.807) is 43.3 Å². The molecule has 1 aliphatic rings. The summed E-state index contributed by atoms with van der Waals surface area (Å²) in [5.74, 6) is -1.50. The molecule has 2 aromatic rings. The molecule has 7 heteroatoms. The van der Waals surface area contributed by atoms with Crippen LogP contribution in [-0.4, -0.2) is 46.9 Å². The zero-order valence-electron chi connectivity index (χ0n) is 15.8. The number of likely N-dealkylation sites (tertiary alicyclic amines) is 1. The van der Waals surface area contributed by atoms with Gasteiger partial charge in [0.25, 0.3) is 5.91 Å². The molecule has 1 aromatic carbocycles. The van der Waals surface area contributed by atoms with E-state index in [1.807, 2.05) is 6.07 Å². The van der Waals surface area contributed by atoms with E-state index in [0.29, 0.717) is 18.5 Å². The molecule has 1 aliphatic heterocycles. The third-order valence-corrected chi connectivity index (χ3v) is 5.30. The number of benzene rings is 1. The molecular weight excluding hydrogens is 360 g/mol. The molecule has 148 valence electrons. The Hall–Kier alpha value is -3.09. The minimum absolute atomic E-state index is 0.0650. The first-order valence-corrected chi connectivity index (χ1v) is 9.34. The minimum Gasteiger partial charge on any atom is -0.481 e. The average Bonchev–Trinajstić information content (AvgIpc) is 3.26. The standard InChI is InChI=1S/C21H24N2O5/c1-21(20(26)27,15-8-3-2-4-9-15)14-22-18(24)16-10-5-6-12-23(16)19(25)17-11-7-13-28-17/h2-4,7-9,11,13,16H,5-6,10,12,14H2,1H3,(H,22,24)(H,26,27). The predicted octanol–water partition coefficient (Wildman–Crippen LogP) is 2.43. The van der Waals surface area contributed by atoms with Gasteiger partial charge in [-0.15, -0.1) is 0 Å². The van der Waals surface area contributed by atoms with Crippen LogP contribution in [0.4, 0.5) is 0 Å². The molecule has 2 amide bonds. The summed E-state index contributed by atoms with van der Waals surface area (Å²) in [6, 6.07) is 11.4. The molecule has 7 nitrogen and oxygen atoms in total.